The van der Waals surface area contributed by atoms with Crippen LogP contribution in [0.2, 0.25) is 0 Å². The molecule has 196 valence electrons. The Labute approximate surface area is 212 Å². The van der Waals surface area contributed by atoms with E-state index in [0.29, 0.717) is 5.69 Å². The summed E-state index contributed by atoms with van der Waals surface area (Å²) in [6.07, 6.45) is -0.735. The van der Waals surface area contributed by atoms with Gasteiger partial charge in [-0.3, -0.25) is 9.78 Å². The van der Waals surface area contributed by atoms with Gasteiger partial charge in [-0.1, -0.05) is 19.4 Å². The van der Waals surface area contributed by atoms with Crippen LogP contribution in [0, 0.1) is 13.8 Å². The van der Waals surface area contributed by atoms with Crippen molar-refractivity contribution in [2.24, 2.45) is 0 Å². The SMILES string of the molecule is Cc1nc(C2(C)CCC2)ccc1Oc1nnc(C(F)(F)F)c(C)c1C(=O)Nc1cccc(S(C)(=O)=O)c1. The van der Waals surface area contributed by atoms with Gasteiger partial charge < -0.3 is 10.1 Å². The first kappa shape index (κ1) is 26.5. The highest BCUT2D eigenvalue weighted by Crippen LogP contribution is 2.43. The van der Waals surface area contributed by atoms with Crippen molar-refractivity contribution < 1.29 is 31.1 Å². The fraction of sp³-hybridized carbons (Fsp3) is 0.360. The Kier molecular flexibility index (Phi) is 6.74. The minimum atomic E-state index is -4.86. The first-order chi connectivity index (χ1) is 17.2. The number of benzene rings is 1. The number of carbonyl (C=O) groups excluding carboxylic acids is 1. The number of nitrogens with zero attached hydrogens (tertiary/aromatic N) is 3. The Morgan fingerprint density at radius 3 is 2.38 bits per heavy atom. The van der Waals surface area contributed by atoms with Crippen LogP contribution in [0.25, 0.3) is 0 Å². The van der Waals surface area contributed by atoms with E-state index in [4.69, 9.17) is 4.74 Å². The van der Waals surface area contributed by atoms with Gasteiger partial charge in [0, 0.05) is 23.1 Å². The summed E-state index contributed by atoms with van der Waals surface area (Å²) in [5, 5.41) is 9.30. The van der Waals surface area contributed by atoms with Gasteiger partial charge in [-0.25, -0.2) is 8.42 Å². The van der Waals surface area contributed by atoms with Gasteiger partial charge in [-0.2, -0.15) is 13.2 Å². The molecule has 0 bridgehead atoms. The summed E-state index contributed by atoms with van der Waals surface area (Å²) in [7, 11) is -3.58. The van der Waals surface area contributed by atoms with Crippen LogP contribution >= 0.6 is 0 Å². The molecule has 0 aliphatic heterocycles. The Morgan fingerprint density at radius 2 is 1.81 bits per heavy atom. The maximum atomic E-state index is 13.6. The molecule has 1 fully saturated rings. The second kappa shape index (κ2) is 9.40. The van der Waals surface area contributed by atoms with E-state index in [1.165, 1.54) is 24.3 Å². The topological polar surface area (TPSA) is 111 Å². The van der Waals surface area contributed by atoms with Crippen molar-refractivity contribution >= 4 is 21.4 Å². The lowest BCUT2D eigenvalue weighted by atomic mass is 9.68. The van der Waals surface area contributed by atoms with Crippen molar-refractivity contribution in [2.75, 3.05) is 11.6 Å². The molecule has 1 aliphatic rings. The van der Waals surface area contributed by atoms with Crippen molar-refractivity contribution in [3.8, 4) is 11.6 Å². The van der Waals surface area contributed by atoms with Crippen LogP contribution in [-0.2, 0) is 21.4 Å². The van der Waals surface area contributed by atoms with Gasteiger partial charge in [0.25, 0.3) is 11.8 Å². The van der Waals surface area contributed by atoms with Crippen LogP contribution < -0.4 is 10.1 Å². The van der Waals surface area contributed by atoms with E-state index in [1.54, 1.807) is 19.1 Å². The predicted molar refractivity (Wildman–Crippen MR) is 130 cm³/mol. The van der Waals surface area contributed by atoms with Crippen molar-refractivity contribution in [3.05, 3.63) is 64.6 Å². The van der Waals surface area contributed by atoms with Gasteiger partial charge in [-0.15, -0.1) is 10.2 Å². The third kappa shape index (κ3) is 5.43. The molecule has 0 radical (unpaired) electrons. The molecule has 3 aromatic rings. The fourth-order valence-electron chi connectivity index (χ4n) is 4.17. The van der Waals surface area contributed by atoms with Gasteiger partial charge in [0.05, 0.1) is 10.6 Å². The molecule has 1 amide bonds. The van der Waals surface area contributed by atoms with Gasteiger partial charge in [0.2, 0.25) is 0 Å². The van der Waals surface area contributed by atoms with Gasteiger partial charge in [0.15, 0.2) is 21.3 Å². The quantitative estimate of drug-likeness (QED) is 0.451. The number of carbonyl (C=O) groups is 1. The molecule has 2 heterocycles. The highest BCUT2D eigenvalue weighted by Gasteiger charge is 2.39. The van der Waals surface area contributed by atoms with Crippen molar-refractivity contribution in [3.63, 3.8) is 0 Å². The molecule has 1 aromatic carbocycles. The molecular formula is C25H25F3N4O4S. The Hall–Kier alpha value is -3.54. The highest BCUT2D eigenvalue weighted by molar-refractivity contribution is 7.90. The van der Waals surface area contributed by atoms with Crippen LogP contribution in [0.5, 0.6) is 11.6 Å². The number of aromatic nitrogens is 3. The predicted octanol–water partition coefficient (Wildman–Crippen LogP) is 5.40. The summed E-state index contributed by atoms with van der Waals surface area (Å²) in [6.45, 7) is 4.91. The molecule has 1 aliphatic carbocycles. The molecule has 1 saturated carbocycles. The molecule has 37 heavy (non-hydrogen) atoms. The smallest absolute Gasteiger partial charge is 0.435 e. The zero-order chi connectivity index (χ0) is 27.2. The van der Waals surface area contributed by atoms with Crippen LogP contribution in [-0.4, -0.2) is 35.8 Å². The molecule has 2 aromatic heterocycles. The lowest BCUT2D eigenvalue weighted by Gasteiger charge is -2.38. The molecule has 12 heteroatoms. The third-order valence-corrected chi connectivity index (χ3v) is 7.63. The number of pyridine rings is 1. The second-order valence-electron chi connectivity index (χ2n) is 9.40. The lowest BCUT2D eigenvalue weighted by molar-refractivity contribution is -0.142. The summed E-state index contributed by atoms with van der Waals surface area (Å²) in [5.74, 6) is -1.19. The minimum absolute atomic E-state index is 0.0282. The second-order valence-corrected chi connectivity index (χ2v) is 11.4. The van der Waals surface area contributed by atoms with E-state index in [2.05, 4.69) is 27.4 Å². The largest absolute Gasteiger partial charge is 0.435 e. The Morgan fingerprint density at radius 1 is 1.11 bits per heavy atom. The third-order valence-electron chi connectivity index (χ3n) is 6.52. The van der Waals surface area contributed by atoms with E-state index in [-0.39, 0.29) is 21.7 Å². The fourth-order valence-corrected chi connectivity index (χ4v) is 4.83. The van der Waals surface area contributed by atoms with Gasteiger partial charge in [-0.05, 0) is 62.6 Å². The maximum Gasteiger partial charge on any atom is 0.435 e. The summed E-state index contributed by atoms with van der Waals surface area (Å²) in [4.78, 5) is 17.8. The van der Waals surface area contributed by atoms with E-state index < -0.39 is 44.6 Å². The number of nitrogens with one attached hydrogen (secondary N) is 1. The Bertz CT molecular complexity index is 1490. The average Bonchev–Trinajstić information content (AvgIpc) is 2.77. The first-order valence-corrected chi connectivity index (χ1v) is 13.3. The van der Waals surface area contributed by atoms with Crippen molar-refractivity contribution in [1.29, 1.82) is 0 Å². The highest BCUT2D eigenvalue weighted by atomic mass is 32.2. The maximum absolute atomic E-state index is 13.6. The average molecular weight is 535 g/mol. The van der Waals surface area contributed by atoms with Crippen molar-refractivity contribution in [2.45, 2.75) is 56.5 Å². The lowest BCUT2D eigenvalue weighted by Crippen LogP contribution is -2.31. The molecule has 8 nitrogen and oxygen atoms in total. The van der Waals surface area contributed by atoms with E-state index in [9.17, 15) is 26.4 Å². The van der Waals surface area contributed by atoms with E-state index in [0.717, 1.165) is 38.1 Å². The number of amides is 1. The summed E-state index contributed by atoms with van der Waals surface area (Å²) in [6, 6.07) is 8.80. The molecule has 4 rings (SSSR count). The van der Waals surface area contributed by atoms with Crippen LogP contribution in [0.15, 0.2) is 41.3 Å². The van der Waals surface area contributed by atoms with Crippen LogP contribution in [0.3, 0.4) is 0 Å². The molecule has 0 spiro atoms. The zero-order valence-electron chi connectivity index (χ0n) is 20.6. The van der Waals surface area contributed by atoms with E-state index in [1.807, 2.05) is 0 Å². The summed E-state index contributed by atoms with van der Waals surface area (Å²) >= 11 is 0. The van der Waals surface area contributed by atoms with Gasteiger partial charge in [0.1, 0.15) is 5.56 Å². The number of alkyl halides is 3. The number of hydrogen-bond donors (Lipinski definition) is 1. The molecule has 0 atom stereocenters. The molecule has 0 saturated heterocycles. The Balaban J connectivity index is 1.73. The minimum Gasteiger partial charge on any atom is -0.435 e. The van der Waals surface area contributed by atoms with Crippen molar-refractivity contribution in [1.82, 2.24) is 15.2 Å². The monoisotopic (exact) mass is 534 g/mol. The molecule has 0 unspecified atom stereocenters. The number of ether oxygens (including phenoxy) is 1. The van der Waals surface area contributed by atoms with Gasteiger partial charge >= 0.3 is 6.18 Å². The van der Waals surface area contributed by atoms with E-state index >= 15 is 0 Å². The number of rotatable bonds is 6. The number of hydrogen-bond acceptors (Lipinski definition) is 7. The van der Waals surface area contributed by atoms with Crippen LogP contribution in [0.4, 0.5) is 18.9 Å². The first-order valence-electron chi connectivity index (χ1n) is 11.4. The number of sulfone groups is 1. The van der Waals surface area contributed by atoms with Crippen LogP contribution in [0.1, 0.15) is 59.2 Å². The zero-order valence-corrected chi connectivity index (χ0v) is 21.4. The number of aryl methyl sites for hydroxylation is 1. The number of halogens is 3. The summed E-state index contributed by atoms with van der Waals surface area (Å²) < 4.78 is 70.2. The molecule has 1 N–H and O–H groups in total. The summed E-state index contributed by atoms with van der Waals surface area (Å²) in [5.41, 5.74) is -0.892. The molecular weight excluding hydrogens is 509 g/mol. The normalized spacial score (nSPS) is 15.1. The standard InChI is InChI=1S/C25H25F3N4O4S/c1-14-20(22(33)30-16-7-5-8-17(13-16)37(4,34)35)23(32-31-21(14)25(26,27)28)36-18-9-10-19(29-15(18)2)24(3)11-6-12-24/h5,7-10,13H,6,11-12H2,1-4H3,(H,30,33). The number of anilines is 1.